The number of allylic oxidation sites excluding steroid dienone is 2. The van der Waals surface area contributed by atoms with Crippen LogP contribution in [0.3, 0.4) is 0 Å². The van der Waals surface area contributed by atoms with Crippen LogP contribution in [0.25, 0.3) is 27.1 Å². The van der Waals surface area contributed by atoms with Crippen molar-refractivity contribution in [2.75, 3.05) is 0 Å². The molecule has 0 aliphatic rings. The van der Waals surface area contributed by atoms with Gasteiger partial charge in [-0.3, -0.25) is 0 Å². The first-order valence-corrected chi connectivity index (χ1v) is 6.35. The molecule has 0 bridgehead atoms. The molecule has 0 spiro atoms. The fourth-order valence-corrected chi connectivity index (χ4v) is 2.54. The summed E-state index contributed by atoms with van der Waals surface area (Å²) in [6, 6.07) is 19.6. The lowest BCUT2D eigenvalue weighted by Crippen LogP contribution is -1.85. The zero-order valence-corrected chi connectivity index (χ0v) is 10.8. The molecular weight excluding hydrogens is 216 g/mol. The predicted octanol–water partition coefficient (Wildman–Crippen LogP) is 5.42. The number of hydrogen-bond acceptors (Lipinski definition) is 0. The van der Waals surface area contributed by atoms with Gasteiger partial charge in [-0.15, -0.1) is 0 Å². The lowest BCUT2D eigenvalue weighted by molar-refractivity contribution is 1.60. The minimum absolute atomic E-state index is 1.31. The molecule has 0 aliphatic carbocycles. The van der Waals surface area contributed by atoms with Crippen LogP contribution in [0.5, 0.6) is 0 Å². The van der Waals surface area contributed by atoms with E-state index in [1.54, 1.807) is 0 Å². The number of hydrogen-bond donors (Lipinski definition) is 0. The molecule has 0 radical (unpaired) electrons. The van der Waals surface area contributed by atoms with Crippen LogP contribution in [0.15, 0.2) is 60.7 Å². The van der Waals surface area contributed by atoms with Gasteiger partial charge in [0.1, 0.15) is 0 Å². The first kappa shape index (κ1) is 11.0. The fourth-order valence-electron chi connectivity index (χ4n) is 2.54. The summed E-state index contributed by atoms with van der Waals surface area (Å²) in [7, 11) is 0. The number of benzene rings is 3. The molecule has 0 atom stereocenters. The quantitative estimate of drug-likeness (QED) is 0.492. The molecular formula is C18H16. The Labute approximate surface area is 108 Å². The molecule has 0 nitrogen and oxygen atoms in total. The van der Waals surface area contributed by atoms with Crippen LogP contribution in [0.1, 0.15) is 19.4 Å². The third kappa shape index (κ3) is 1.62. The molecule has 0 aliphatic heterocycles. The summed E-state index contributed by atoms with van der Waals surface area (Å²) in [4.78, 5) is 0. The van der Waals surface area contributed by atoms with Crippen LogP contribution in [0.2, 0.25) is 0 Å². The molecule has 3 aromatic carbocycles. The van der Waals surface area contributed by atoms with Crippen molar-refractivity contribution in [2.24, 2.45) is 0 Å². The summed E-state index contributed by atoms with van der Waals surface area (Å²) in [5.74, 6) is 0. The summed E-state index contributed by atoms with van der Waals surface area (Å²) < 4.78 is 0. The van der Waals surface area contributed by atoms with E-state index in [4.69, 9.17) is 0 Å². The molecule has 0 fully saturated rings. The largest absolute Gasteiger partial charge is 0.0841 e. The Kier molecular flexibility index (Phi) is 2.64. The van der Waals surface area contributed by atoms with Crippen LogP contribution < -0.4 is 0 Å². The van der Waals surface area contributed by atoms with Gasteiger partial charge in [-0.1, -0.05) is 54.6 Å². The second-order valence-electron chi connectivity index (χ2n) is 4.66. The summed E-state index contributed by atoms with van der Waals surface area (Å²) in [6.45, 7) is 4.27. The van der Waals surface area contributed by atoms with Crippen molar-refractivity contribution in [1.29, 1.82) is 0 Å². The summed E-state index contributed by atoms with van der Waals surface area (Å²) in [6.07, 6.45) is 2.18. The maximum Gasteiger partial charge on any atom is -0.00993 e. The van der Waals surface area contributed by atoms with E-state index in [-0.39, 0.29) is 0 Å². The Morgan fingerprint density at radius 1 is 0.833 bits per heavy atom. The second kappa shape index (κ2) is 4.30. The average molecular weight is 232 g/mol. The number of rotatable bonds is 1. The molecule has 0 aromatic heterocycles. The Hall–Kier alpha value is -2.08. The maximum absolute atomic E-state index is 2.30. The highest BCUT2D eigenvalue weighted by atomic mass is 14.1. The van der Waals surface area contributed by atoms with Crippen molar-refractivity contribution in [3.05, 3.63) is 66.2 Å². The molecule has 0 heteroatoms. The van der Waals surface area contributed by atoms with Crippen molar-refractivity contribution < 1.29 is 0 Å². The minimum atomic E-state index is 1.31. The smallest absolute Gasteiger partial charge is 0.00993 e. The molecule has 3 rings (SSSR count). The lowest BCUT2D eigenvalue weighted by Gasteiger charge is -2.10. The SMILES string of the molecule is CC=C(C)c1cc2ccccc2c2ccccc12. The van der Waals surface area contributed by atoms with Crippen LogP contribution in [-0.2, 0) is 0 Å². The monoisotopic (exact) mass is 232 g/mol. The van der Waals surface area contributed by atoms with Gasteiger partial charge in [0.25, 0.3) is 0 Å². The third-order valence-electron chi connectivity index (χ3n) is 3.63. The summed E-state index contributed by atoms with van der Waals surface area (Å²) in [5, 5.41) is 5.33. The highest BCUT2D eigenvalue weighted by Gasteiger charge is 2.06. The molecule has 88 valence electrons. The van der Waals surface area contributed by atoms with Crippen molar-refractivity contribution >= 4 is 27.1 Å². The van der Waals surface area contributed by atoms with Crippen molar-refractivity contribution in [3.63, 3.8) is 0 Å². The van der Waals surface area contributed by atoms with E-state index in [0.29, 0.717) is 0 Å². The molecule has 0 amide bonds. The fraction of sp³-hybridized carbons (Fsp3) is 0.111. The van der Waals surface area contributed by atoms with Crippen molar-refractivity contribution in [3.8, 4) is 0 Å². The molecule has 0 heterocycles. The zero-order valence-electron chi connectivity index (χ0n) is 10.8. The van der Waals surface area contributed by atoms with E-state index in [2.05, 4.69) is 74.5 Å². The summed E-state index contributed by atoms with van der Waals surface area (Å²) in [5.41, 5.74) is 2.67. The van der Waals surface area contributed by atoms with E-state index in [1.165, 1.54) is 32.7 Å². The van der Waals surface area contributed by atoms with Gasteiger partial charge in [0, 0.05) is 0 Å². The maximum atomic E-state index is 2.30. The van der Waals surface area contributed by atoms with Gasteiger partial charge in [0.15, 0.2) is 0 Å². The van der Waals surface area contributed by atoms with E-state index >= 15 is 0 Å². The van der Waals surface area contributed by atoms with Crippen molar-refractivity contribution in [2.45, 2.75) is 13.8 Å². The standard InChI is InChI=1S/C18H16/c1-3-13(2)18-12-14-8-4-5-9-15(14)16-10-6-7-11-17(16)18/h3-12H,1-2H3. The topological polar surface area (TPSA) is 0 Å². The molecule has 0 unspecified atom stereocenters. The van der Waals surface area contributed by atoms with Gasteiger partial charge >= 0.3 is 0 Å². The van der Waals surface area contributed by atoms with Gasteiger partial charge in [-0.25, -0.2) is 0 Å². The highest BCUT2D eigenvalue weighted by Crippen LogP contribution is 2.32. The normalized spacial score (nSPS) is 12.2. The Morgan fingerprint density at radius 2 is 1.44 bits per heavy atom. The minimum Gasteiger partial charge on any atom is -0.0841 e. The number of fused-ring (bicyclic) bond motifs is 3. The first-order valence-electron chi connectivity index (χ1n) is 6.35. The second-order valence-corrected chi connectivity index (χ2v) is 4.66. The Balaban J connectivity index is 2.55. The zero-order chi connectivity index (χ0) is 12.5. The van der Waals surface area contributed by atoms with E-state index in [1.807, 2.05) is 0 Å². The highest BCUT2D eigenvalue weighted by molar-refractivity contribution is 6.11. The van der Waals surface area contributed by atoms with E-state index in [0.717, 1.165) is 0 Å². The van der Waals surface area contributed by atoms with Gasteiger partial charge in [-0.2, -0.15) is 0 Å². The van der Waals surface area contributed by atoms with Gasteiger partial charge < -0.3 is 0 Å². The van der Waals surface area contributed by atoms with Crippen LogP contribution in [0.4, 0.5) is 0 Å². The Bertz CT molecular complexity index is 748. The van der Waals surface area contributed by atoms with Gasteiger partial charge in [-0.05, 0) is 52.6 Å². The van der Waals surface area contributed by atoms with Crippen LogP contribution >= 0.6 is 0 Å². The average Bonchev–Trinajstić information content (AvgIpc) is 2.45. The predicted molar refractivity (Wildman–Crippen MR) is 80.8 cm³/mol. The van der Waals surface area contributed by atoms with Crippen molar-refractivity contribution in [1.82, 2.24) is 0 Å². The lowest BCUT2D eigenvalue weighted by atomic mass is 9.94. The van der Waals surface area contributed by atoms with Crippen LogP contribution in [0, 0.1) is 0 Å². The van der Waals surface area contributed by atoms with Crippen LogP contribution in [-0.4, -0.2) is 0 Å². The molecule has 3 aromatic rings. The Morgan fingerprint density at radius 3 is 2.17 bits per heavy atom. The summed E-state index contributed by atoms with van der Waals surface area (Å²) >= 11 is 0. The molecule has 18 heavy (non-hydrogen) atoms. The third-order valence-corrected chi connectivity index (χ3v) is 3.63. The molecule has 0 saturated carbocycles. The van der Waals surface area contributed by atoms with E-state index in [9.17, 15) is 0 Å². The first-order chi connectivity index (χ1) is 8.81. The molecule has 0 saturated heterocycles. The molecule has 0 N–H and O–H groups in total. The van der Waals surface area contributed by atoms with Gasteiger partial charge in [0.2, 0.25) is 0 Å². The van der Waals surface area contributed by atoms with E-state index < -0.39 is 0 Å². The van der Waals surface area contributed by atoms with Gasteiger partial charge in [0.05, 0.1) is 0 Å².